The highest BCUT2D eigenvalue weighted by atomic mass is 16.4. The van der Waals surface area contributed by atoms with Gasteiger partial charge in [0.05, 0.1) is 5.56 Å². The van der Waals surface area contributed by atoms with Gasteiger partial charge in [-0.25, -0.2) is 4.79 Å². The number of carbonyl (C=O) groups is 1. The van der Waals surface area contributed by atoms with E-state index >= 15 is 0 Å². The van der Waals surface area contributed by atoms with Crippen molar-refractivity contribution in [3.63, 3.8) is 0 Å². The van der Waals surface area contributed by atoms with E-state index in [0.717, 1.165) is 34.5 Å². The molecule has 4 heteroatoms. The molecule has 0 bridgehead atoms. The molecule has 0 aliphatic carbocycles. The Bertz CT molecular complexity index is 1330. The number of aliphatic hydroxyl groups is 1. The molecular formula is C34H41NO3. The molecule has 1 atom stereocenters. The molecule has 0 heterocycles. The monoisotopic (exact) mass is 511 g/mol. The van der Waals surface area contributed by atoms with Crippen molar-refractivity contribution in [1.29, 1.82) is 0 Å². The van der Waals surface area contributed by atoms with Gasteiger partial charge in [-0.1, -0.05) is 97.6 Å². The average molecular weight is 512 g/mol. The van der Waals surface area contributed by atoms with E-state index in [1.165, 1.54) is 17.7 Å². The van der Waals surface area contributed by atoms with Crippen molar-refractivity contribution in [3.05, 3.63) is 88.5 Å². The standard InChI is InChI=1S/C34H41NO3/c1-22(2)21-35-31-26(24-12-10-9-11-13-24)20-27(29(33(3,4)5)30(31)34(6,7)8)28(36)19-16-23-14-17-25(18-15-23)32(37)38/h9-15,17-18,20,22,28,35-36H,21H2,1-8H3,(H,37,38). The molecule has 0 saturated carbocycles. The van der Waals surface area contributed by atoms with Gasteiger partial charge in [-0.15, -0.1) is 0 Å². The smallest absolute Gasteiger partial charge is 0.335 e. The number of hydrogen-bond donors (Lipinski definition) is 3. The van der Waals surface area contributed by atoms with Crippen molar-refractivity contribution in [2.75, 3.05) is 11.9 Å². The van der Waals surface area contributed by atoms with Gasteiger partial charge in [0.1, 0.15) is 6.10 Å². The predicted octanol–water partition coefficient (Wildman–Crippen LogP) is 7.80. The van der Waals surface area contributed by atoms with Crippen LogP contribution in [-0.2, 0) is 10.8 Å². The predicted molar refractivity (Wildman–Crippen MR) is 158 cm³/mol. The molecule has 0 radical (unpaired) electrons. The van der Waals surface area contributed by atoms with Crippen LogP contribution in [-0.4, -0.2) is 22.7 Å². The van der Waals surface area contributed by atoms with Crippen LogP contribution in [0.4, 0.5) is 5.69 Å². The van der Waals surface area contributed by atoms with Crippen LogP contribution < -0.4 is 5.32 Å². The van der Waals surface area contributed by atoms with Crippen molar-refractivity contribution in [2.24, 2.45) is 5.92 Å². The summed E-state index contributed by atoms with van der Waals surface area (Å²) in [5, 5.41) is 24.5. The van der Waals surface area contributed by atoms with E-state index in [2.05, 4.69) is 90.7 Å². The summed E-state index contributed by atoms with van der Waals surface area (Å²) in [7, 11) is 0. The van der Waals surface area contributed by atoms with Gasteiger partial charge in [-0.3, -0.25) is 0 Å². The van der Waals surface area contributed by atoms with Crippen molar-refractivity contribution in [3.8, 4) is 23.0 Å². The minimum atomic E-state index is -1.02. The molecule has 3 N–H and O–H groups in total. The molecule has 0 aliphatic rings. The topological polar surface area (TPSA) is 69.6 Å². The number of benzene rings is 3. The molecule has 0 aromatic heterocycles. The van der Waals surface area contributed by atoms with Gasteiger partial charge in [0.2, 0.25) is 0 Å². The van der Waals surface area contributed by atoms with Gasteiger partial charge in [0.15, 0.2) is 0 Å². The van der Waals surface area contributed by atoms with Crippen LogP contribution in [0.3, 0.4) is 0 Å². The van der Waals surface area contributed by atoms with Gasteiger partial charge in [-0.2, -0.15) is 0 Å². The molecule has 0 amide bonds. The first-order valence-corrected chi connectivity index (χ1v) is 13.2. The van der Waals surface area contributed by atoms with Crippen LogP contribution in [0.25, 0.3) is 11.1 Å². The normalized spacial score (nSPS) is 12.6. The second kappa shape index (κ2) is 11.5. The quantitative estimate of drug-likeness (QED) is 0.295. The number of carboxylic acid groups (broad SMARTS) is 1. The minimum Gasteiger partial charge on any atom is -0.478 e. The number of aliphatic hydroxyl groups excluding tert-OH is 1. The Balaban J connectivity index is 2.30. The third-order valence-electron chi connectivity index (χ3n) is 6.41. The third-order valence-corrected chi connectivity index (χ3v) is 6.41. The Morgan fingerprint density at radius 2 is 1.47 bits per heavy atom. The lowest BCUT2D eigenvalue weighted by atomic mass is 9.70. The fourth-order valence-electron chi connectivity index (χ4n) is 4.74. The summed E-state index contributed by atoms with van der Waals surface area (Å²) < 4.78 is 0. The lowest BCUT2D eigenvalue weighted by molar-refractivity contribution is 0.0697. The number of anilines is 1. The highest BCUT2D eigenvalue weighted by Crippen LogP contribution is 2.47. The summed E-state index contributed by atoms with van der Waals surface area (Å²) in [5.74, 6) is 5.58. The summed E-state index contributed by atoms with van der Waals surface area (Å²) >= 11 is 0. The molecule has 0 saturated heterocycles. The van der Waals surface area contributed by atoms with Crippen LogP contribution in [0, 0.1) is 17.8 Å². The summed E-state index contributed by atoms with van der Waals surface area (Å²) in [6, 6.07) is 18.8. The average Bonchev–Trinajstić information content (AvgIpc) is 2.84. The molecule has 4 nitrogen and oxygen atoms in total. The van der Waals surface area contributed by atoms with Crippen LogP contribution in [0.1, 0.15) is 94.1 Å². The molecule has 0 fully saturated rings. The largest absolute Gasteiger partial charge is 0.478 e. The van der Waals surface area contributed by atoms with Crippen molar-refractivity contribution < 1.29 is 15.0 Å². The number of rotatable bonds is 6. The van der Waals surface area contributed by atoms with Crippen LogP contribution in [0.5, 0.6) is 0 Å². The van der Waals surface area contributed by atoms with E-state index in [4.69, 9.17) is 0 Å². The first-order valence-electron chi connectivity index (χ1n) is 13.2. The van der Waals surface area contributed by atoms with Crippen molar-refractivity contribution in [1.82, 2.24) is 0 Å². The van der Waals surface area contributed by atoms with Gasteiger partial charge in [0, 0.05) is 23.4 Å². The van der Waals surface area contributed by atoms with Crippen molar-refractivity contribution in [2.45, 2.75) is 72.3 Å². The van der Waals surface area contributed by atoms with Gasteiger partial charge >= 0.3 is 5.97 Å². The molecule has 38 heavy (non-hydrogen) atoms. The Kier molecular flexibility index (Phi) is 8.75. The number of aromatic carboxylic acids is 1. The molecule has 0 aliphatic heterocycles. The van der Waals surface area contributed by atoms with E-state index in [9.17, 15) is 15.0 Å². The zero-order valence-electron chi connectivity index (χ0n) is 23.9. The minimum absolute atomic E-state index is 0.206. The van der Waals surface area contributed by atoms with Crippen LogP contribution >= 0.6 is 0 Å². The van der Waals surface area contributed by atoms with E-state index in [1.54, 1.807) is 12.1 Å². The maximum Gasteiger partial charge on any atom is 0.335 e. The molecule has 0 spiro atoms. The van der Waals surface area contributed by atoms with E-state index in [-0.39, 0.29) is 16.4 Å². The second-order valence-corrected chi connectivity index (χ2v) is 12.3. The lowest BCUT2D eigenvalue weighted by Crippen LogP contribution is -2.27. The van der Waals surface area contributed by atoms with Gasteiger partial charge in [-0.05, 0) is 69.3 Å². The molecule has 1 unspecified atom stereocenters. The molecule has 3 rings (SSSR count). The third kappa shape index (κ3) is 6.85. The Labute approximate surface area is 228 Å². The Hall–Kier alpha value is -3.55. The molecular weight excluding hydrogens is 470 g/mol. The summed E-state index contributed by atoms with van der Waals surface area (Å²) in [4.78, 5) is 11.2. The fraction of sp³-hybridized carbons (Fsp3) is 0.382. The van der Waals surface area contributed by atoms with Crippen LogP contribution in [0.15, 0.2) is 60.7 Å². The molecule has 3 aromatic rings. The first kappa shape index (κ1) is 29.0. The zero-order valence-corrected chi connectivity index (χ0v) is 23.9. The van der Waals surface area contributed by atoms with E-state index in [1.807, 2.05) is 18.2 Å². The van der Waals surface area contributed by atoms with Gasteiger partial charge < -0.3 is 15.5 Å². The van der Waals surface area contributed by atoms with E-state index < -0.39 is 12.1 Å². The summed E-state index contributed by atoms with van der Waals surface area (Å²) in [6.45, 7) is 18.4. The summed E-state index contributed by atoms with van der Waals surface area (Å²) in [6.07, 6.45) is -1.02. The Morgan fingerprint density at radius 1 is 0.895 bits per heavy atom. The SMILES string of the molecule is CC(C)CNc1c(-c2ccccc2)cc(C(O)C#Cc2ccc(C(=O)O)cc2)c(C(C)(C)C)c1C(C)(C)C. The fourth-order valence-corrected chi connectivity index (χ4v) is 4.74. The van der Waals surface area contributed by atoms with Crippen molar-refractivity contribution >= 4 is 11.7 Å². The van der Waals surface area contributed by atoms with Gasteiger partial charge in [0.25, 0.3) is 0 Å². The van der Waals surface area contributed by atoms with E-state index in [0.29, 0.717) is 11.5 Å². The molecule has 200 valence electrons. The lowest BCUT2D eigenvalue weighted by Gasteiger charge is -2.37. The molecule has 3 aromatic carbocycles. The highest BCUT2D eigenvalue weighted by molar-refractivity contribution is 5.87. The zero-order chi connectivity index (χ0) is 28.3. The number of hydrogen-bond acceptors (Lipinski definition) is 3. The highest BCUT2D eigenvalue weighted by Gasteiger charge is 2.34. The number of carboxylic acids is 1. The maximum atomic E-state index is 11.6. The number of nitrogens with one attached hydrogen (secondary N) is 1. The first-order chi connectivity index (χ1) is 17.7. The maximum absolute atomic E-state index is 11.6. The second-order valence-electron chi connectivity index (χ2n) is 12.3. The Morgan fingerprint density at radius 3 is 1.97 bits per heavy atom. The van der Waals surface area contributed by atoms with Crippen LogP contribution in [0.2, 0.25) is 0 Å². The summed E-state index contributed by atoms with van der Waals surface area (Å²) in [5.41, 5.74) is 6.71.